The molecule has 0 aliphatic carbocycles. The summed E-state index contributed by atoms with van der Waals surface area (Å²) < 4.78 is 56.4. The van der Waals surface area contributed by atoms with Gasteiger partial charge in [-0.15, -0.1) is 0 Å². The lowest BCUT2D eigenvalue weighted by atomic mass is 10.1. The van der Waals surface area contributed by atoms with Crippen LogP contribution >= 0.6 is 15.9 Å². The summed E-state index contributed by atoms with van der Waals surface area (Å²) in [4.78, 5) is 0. The minimum Gasteiger partial charge on any atom is -0.417 e. The summed E-state index contributed by atoms with van der Waals surface area (Å²) in [5, 5.41) is -0.932. The Morgan fingerprint density at radius 2 is 1.45 bits per heavy atom. The third kappa shape index (κ3) is 5.94. The highest BCUT2D eigenvalue weighted by atomic mass is 79.9. The van der Waals surface area contributed by atoms with Crippen LogP contribution in [0.4, 0.5) is 10.1 Å². The molecular weight excluding hydrogens is 541 g/mol. The molecule has 1 aromatic carbocycles. The molecule has 1 aromatic rings. The number of nitrogens with zero attached hydrogens (tertiary/aromatic N) is 1. The van der Waals surface area contributed by atoms with Crippen LogP contribution in [0, 0.1) is 5.82 Å². The van der Waals surface area contributed by atoms with Gasteiger partial charge in [-0.3, -0.25) is 4.31 Å². The number of fused-ring (bicyclic) bond motifs is 1. The minimum atomic E-state index is -3.79. The number of hydrogen-bond donors (Lipinski definition) is 0. The Balaban J connectivity index is 2.29. The molecule has 1 heterocycles. The van der Waals surface area contributed by atoms with Gasteiger partial charge in [-0.25, -0.2) is 12.8 Å². The summed E-state index contributed by atoms with van der Waals surface area (Å²) in [6, 6.07) is 3.25. The van der Waals surface area contributed by atoms with E-state index in [9.17, 15) is 8.42 Å². The molecule has 0 saturated heterocycles. The quantitative estimate of drug-likeness (QED) is 0.304. The summed E-state index contributed by atoms with van der Waals surface area (Å²) in [7, 11) is -7.86. The molecule has 0 spiro atoms. The summed E-state index contributed by atoms with van der Waals surface area (Å²) in [6.07, 6.45) is 0.217. The third-order valence-corrected chi connectivity index (χ3v) is 19.5. The van der Waals surface area contributed by atoms with E-state index in [0.717, 1.165) is 0 Å². The first-order valence-corrected chi connectivity index (χ1v) is 19.6. The Kier molecular flexibility index (Phi) is 8.47. The zero-order valence-electron chi connectivity index (χ0n) is 21.8. The molecule has 0 amide bonds. The van der Waals surface area contributed by atoms with Gasteiger partial charge in [0.2, 0.25) is 10.0 Å². The number of anilines is 1. The molecule has 33 heavy (non-hydrogen) atoms. The third-order valence-electron chi connectivity index (χ3n) is 7.58. The zero-order chi connectivity index (χ0) is 25.6. The van der Waals surface area contributed by atoms with E-state index in [2.05, 4.69) is 83.7 Å². The van der Waals surface area contributed by atoms with Gasteiger partial charge in [0.15, 0.2) is 16.6 Å². The Hall–Kier alpha value is -0.266. The second-order valence-electron chi connectivity index (χ2n) is 11.9. The van der Waals surface area contributed by atoms with Crippen molar-refractivity contribution < 1.29 is 21.7 Å². The van der Waals surface area contributed by atoms with Crippen LogP contribution in [-0.2, 0) is 18.9 Å². The number of benzene rings is 1. The molecule has 10 heteroatoms. The Bertz CT molecular complexity index is 972. The minimum absolute atomic E-state index is 0.0147. The molecule has 0 aromatic heterocycles. The fourth-order valence-corrected chi connectivity index (χ4v) is 7.73. The number of sulfonamides is 1. The topological polar surface area (TPSA) is 55.8 Å². The van der Waals surface area contributed by atoms with E-state index in [0.29, 0.717) is 5.69 Å². The van der Waals surface area contributed by atoms with Gasteiger partial charge in [-0.2, -0.15) is 0 Å². The predicted molar refractivity (Wildman–Crippen MR) is 144 cm³/mol. The molecule has 1 aliphatic heterocycles. The molecule has 0 radical (unpaired) electrons. The SMILES string of the molecule is CC(C)(C)[Si](C)(C)OCCC1c2c(ccc(Br)c2F)N(CCO[Si](C)(C)C(C)(C)C)S1(=O)=O. The first kappa shape index (κ1) is 29.0. The average Bonchev–Trinajstić information content (AvgIpc) is 2.84. The van der Waals surface area contributed by atoms with Crippen LogP contribution in [0.3, 0.4) is 0 Å². The molecular formula is C23H41BrFNO4SSi2. The molecule has 1 atom stereocenters. The van der Waals surface area contributed by atoms with E-state index in [1.165, 1.54) is 4.31 Å². The van der Waals surface area contributed by atoms with Crippen LogP contribution in [0.25, 0.3) is 0 Å². The van der Waals surface area contributed by atoms with E-state index in [1.807, 2.05) is 0 Å². The Morgan fingerprint density at radius 1 is 0.970 bits per heavy atom. The van der Waals surface area contributed by atoms with Crippen molar-refractivity contribution in [2.75, 3.05) is 24.1 Å². The lowest BCUT2D eigenvalue weighted by Gasteiger charge is -2.36. The van der Waals surface area contributed by atoms with Crippen molar-refractivity contribution in [2.45, 2.75) is 89.5 Å². The van der Waals surface area contributed by atoms with Gasteiger partial charge in [-0.05, 0) is 70.7 Å². The van der Waals surface area contributed by atoms with Crippen molar-refractivity contribution in [1.29, 1.82) is 0 Å². The molecule has 0 N–H and O–H groups in total. The highest BCUT2D eigenvalue weighted by Gasteiger charge is 2.46. The molecule has 2 rings (SSSR count). The molecule has 1 unspecified atom stereocenters. The summed E-state index contributed by atoms with van der Waals surface area (Å²) >= 11 is 3.23. The second kappa shape index (κ2) is 9.65. The zero-order valence-corrected chi connectivity index (χ0v) is 26.2. The largest absolute Gasteiger partial charge is 0.417 e. The van der Waals surface area contributed by atoms with Gasteiger partial charge in [0.25, 0.3) is 0 Å². The van der Waals surface area contributed by atoms with E-state index < -0.39 is 37.7 Å². The van der Waals surface area contributed by atoms with Gasteiger partial charge < -0.3 is 8.85 Å². The molecule has 0 saturated carbocycles. The van der Waals surface area contributed by atoms with Crippen LogP contribution in [0.5, 0.6) is 0 Å². The highest BCUT2D eigenvalue weighted by Crippen LogP contribution is 2.48. The van der Waals surface area contributed by atoms with Crippen LogP contribution in [0.1, 0.15) is 58.8 Å². The van der Waals surface area contributed by atoms with Crippen molar-refractivity contribution in [2.24, 2.45) is 0 Å². The van der Waals surface area contributed by atoms with Gasteiger partial charge in [0.05, 0.1) is 23.3 Å². The van der Waals surface area contributed by atoms with Crippen molar-refractivity contribution in [1.82, 2.24) is 0 Å². The summed E-state index contributed by atoms with van der Waals surface area (Å²) in [6.45, 7) is 22.1. The number of hydrogen-bond acceptors (Lipinski definition) is 4. The first-order valence-electron chi connectivity index (χ1n) is 11.5. The molecule has 1 aliphatic rings. The van der Waals surface area contributed by atoms with E-state index in [-0.39, 0.29) is 46.3 Å². The maximum atomic E-state index is 15.2. The fourth-order valence-electron chi connectivity index (χ4n) is 3.30. The van der Waals surface area contributed by atoms with Crippen molar-refractivity contribution in [3.05, 3.63) is 28.0 Å². The lowest BCUT2D eigenvalue weighted by Crippen LogP contribution is -2.43. The second-order valence-corrected chi connectivity index (χ2v) is 24.4. The normalized spacial score (nSPS) is 19.2. The Labute approximate surface area is 210 Å². The molecule has 190 valence electrons. The lowest BCUT2D eigenvalue weighted by molar-refractivity contribution is 0.280. The monoisotopic (exact) mass is 581 g/mol. The summed E-state index contributed by atoms with van der Waals surface area (Å²) in [5.41, 5.74) is 0.641. The summed E-state index contributed by atoms with van der Waals surface area (Å²) in [5.74, 6) is -0.513. The van der Waals surface area contributed by atoms with Crippen molar-refractivity contribution in [3.8, 4) is 0 Å². The maximum Gasteiger partial charge on any atom is 0.242 e. The van der Waals surface area contributed by atoms with E-state index in [4.69, 9.17) is 8.85 Å². The Morgan fingerprint density at radius 3 is 1.94 bits per heavy atom. The van der Waals surface area contributed by atoms with Crippen molar-refractivity contribution in [3.63, 3.8) is 0 Å². The van der Waals surface area contributed by atoms with Crippen LogP contribution < -0.4 is 4.31 Å². The van der Waals surface area contributed by atoms with Crippen LogP contribution in [-0.4, -0.2) is 44.8 Å². The van der Waals surface area contributed by atoms with Crippen LogP contribution in [0.2, 0.25) is 36.3 Å². The van der Waals surface area contributed by atoms with Gasteiger partial charge in [-0.1, -0.05) is 41.5 Å². The van der Waals surface area contributed by atoms with E-state index >= 15 is 4.39 Å². The first-order chi connectivity index (χ1) is 14.7. The molecule has 0 bridgehead atoms. The smallest absolute Gasteiger partial charge is 0.242 e. The van der Waals surface area contributed by atoms with Gasteiger partial charge in [0.1, 0.15) is 11.1 Å². The fraction of sp³-hybridized carbons (Fsp3) is 0.739. The molecule has 5 nitrogen and oxygen atoms in total. The average molecular weight is 583 g/mol. The van der Waals surface area contributed by atoms with Crippen LogP contribution in [0.15, 0.2) is 16.6 Å². The van der Waals surface area contributed by atoms with Gasteiger partial charge >= 0.3 is 0 Å². The van der Waals surface area contributed by atoms with Crippen molar-refractivity contribution >= 4 is 48.3 Å². The standard InChI is InChI=1S/C23H41BrFNO4SSi2/c1-22(2,3)32(7,8)29-15-13-19-20-18(12-11-17(24)21(20)25)26(31(19,27)28)14-16-30-33(9,10)23(4,5)6/h11-12,19H,13-16H2,1-10H3. The number of rotatable bonds is 8. The molecule has 0 fully saturated rings. The highest BCUT2D eigenvalue weighted by molar-refractivity contribution is 9.10. The maximum absolute atomic E-state index is 15.2. The van der Waals surface area contributed by atoms with Gasteiger partial charge in [0, 0.05) is 12.2 Å². The predicted octanol–water partition coefficient (Wildman–Crippen LogP) is 7.21. The van der Waals surface area contributed by atoms with E-state index in [1.54, 1.807) is 12.1 Å². The number of halogens is 2.